The van der Waals surface area contributed by atoms with E-state index in [9.17, 15) is 4.79 Å². The van der Waals surface area contributed by atoms with Gasteiger partial charge < -0.3 is 15.5 Å². The molecule has 0 spiro atoms. The number of rotatable bonds is 6. The first-order chi connectivity index (χ1) is 13.6. The Morgan fingerprint density at radius 2 is 2.21 bits per heavy atom. The molecule has 0 saturated heterocycles. The lowest BCUT2D eigenvalue weighted by molar-refractivity contribution is 0.0957. The van der Waals surface area contributed by atoms with Crippen LogP contribution >= 0.6 is 15.9 Å². The maximum Gasteiger partial charge on any atom is 0.251 e. The molecule has 0 atom stereocenters. The van der Waals surface area contributed by atoms with Crippen LogP contribution in [0.5, 0.6) is 0 Å². The first kappa shape index (κ1) is 21.2. The summed E-state index contributed by atoms with van der Waals surface area (Å²) in [6.07, 6.45) is 7.37. The average Bonchev–Trinajstić information content (AvgIpc) is 3.39. The van der Waals surface area contributed by atoms with Gasteiger partial charge in [-0.3, -0.25) is 4.79 Å². The molecule has 3 aromatic heterocycles. The van der Waals surface area contributed by atoms with Crippen LogP contribution < -0.4 is 11.1 Å². The molecule has 3 aromatic rings. The van der Waals surface area contributed by atoms with E-state index >= 15 is 0 Å². The smallest absolute Gasteiger partial charge is 0.251 e. The number of nitrogens with two attached hydrogens (primary N) is 1. The van der Waals surface area contributed by atoms with Crippen molar-refractivity contribution in [2.45, 2.75) is 6.92 Å². The van der Waals surface area contributed by atoms with Crippen molar-refractivity contribution in [1.82, 2.24) is 19.9 Å². The van der Waals surface area contributed by atoms with E-state index in [2.05, 4.69) is 44.5 Å². The Labute approximate surface area is 171 Å². The summed E-state index contributed by atoms with van der Waals surface area (Å²) < 4.78 is 6.78. The number of carbonyl (C=O) groups is 1. The summed E-state index contributed by atoms with van der Waals surface area (Å²) >= 11 is 3.41. The van der Waals surface area contributed by atoms with Crippen molar-refractivity contribution in [3.05, 3.63) is 73.1 Å². The first-order valence-corrected chi connectivity index (χ1v) is 9.59. The van der Waals surface area contributed by atoms with Crippen molar-refractivity contribution in [2.24, 2.45) is 0 Å². The quantitative estimate of drug-likeness (QED) is 0.340. The number of furan rings is 1. The Morgan fingerprint density at radius 3 is 2.86 bits per heavy atom. The zero-order chi connectivity index (χ0) is 20.5. The highest BCUT2D eigenvalue weighted by atomic mass is 79.9. The normalized spacial score (nSPS) is 11.4. The van der Waals surface area contributed by atoms with Gasteiger partial charge in [0.05, 0.1) is 6.26 Å². The highest BCUT2D eigenvalue weighted by molar-refractivity contribution is 9.09. The van der Waals surface area contributed by atoms with E-state index in [1.165, 1.54) is 4.52 Å². The van der Waals surface area contributed by atoms with Crippen molar-refractivity contribution in [2.75, 3.05) is 17.6 Å². The number of allylic oxidation sites excluding steroid dienone is 3. The number of amides is 1. The molecule has 0 aliphatic carbocycles. The van der Waals surface area contributed by atoms with Crippen molar-refractivity contribution in [3.8, 4) is 11.6 Å². The monoisotopic (exact) mass is 443 g/mol. The van der Waals surface area contributed by atoms with Gasteiger partial charge in [0.15, 0.2) is 11.4 Å². The molecular formula is C20H22BrN5O2. The summed E-state index contributed by atoms with van der Waals surface area (Å²) in [6, 6.07) is 6.74. The minimum Gasteiger partial charge on any atom is -0.461 e. The van der Waals surface area contributed by atoms with E-state index in [0.717, 1.165) is 5.57 Å². The van der Waals surface area contributed by atoms with Gasteiger partial charge in [-0.1, -0.05) is 34.2 Å². The van der Waals surface area contributed by atoms with Gasteiger partial charge in [-0.2, -0.15) is 4.52 Å². The topological polar surface area (TPSA) is 98.5 Å². The first-order valence-electron chi connectivity index (χ1n) is 8.47. The van der Waals surface area contributed by atoms with Crippen LogP contribution in [0.25, 0.3) is 17.2 Å². The van der Waals surface area contributed by atoms with Gasteiger partial charge in [0.2, 0.25) is 5.82 Å². The van der Waals surface area contributed by atoms with Crippen molar-refractivity contribution in [1.29, 1.82) is 0 Å². The average molecular weight is 444 g/mol. The van der Waals surface area contributed by atoms with Crippen LogP contribution in [0.4, 0.5) is 5.82 Å². The number of anilines is 1. The molecule has 1 amide bonds. The lowest BCUT2D eigenvalue weighted by atomic mass is 10.2. The molecule has 0 bridgehead atoms. The molecule has 0 aliphatic rings. The summed E-state index contributed by atoms with van der Waals surface area (Å²) in [5.41, 5.74) is 7.98. The van der Waals surface area contributed by atoms with Crippen LogP contribution in [-0.4, -0.2) is 32.4 Å². The third-order valence-electron chi connectivity index (χ3n) is 3.64. The summed E-state index contributed by atoms with van der Waals surface area (Å²) in [5.74, 6) is 1.04. The van der Waals surface area contributed by atoms with Crippen LogP contribution in [0.15, 0.2) is 71.9 Å². The van der Waals surface area contributed by atoms with Crippen LogP contribution in [-0.2, 0) is 0 Å². The molecule has 28 heavy (non-hydrogen) atoms. The number of nitrogens with one attached hydrogen (secondary N) is 1. The molecule has 3 N–H and O–H groups in total. The number of hydrogen-bond donors (Lipinski definition) is 2. The van der Waals surface area contributed by atoms with E-state index in [4.69, 9.17) is 10.2 Å². The van der Waals surface area contributed by atoms with Gasteiger partial charge in [0.25, 0.3) is 5.91 Å². The summed E-state index contributed by atoms with van der Waals surface area (Å²) in [6.45, 7) is 8.37. The molecular weight excluding hydrogens is 422 g/mol. The molecule has 0 saturated carbocycles. The van der Waals surface area contributed by atoms with Crippen LogP contribution in [0, 0.1) is 0 Å². The lowest BCUT2D eigenvalue weighted by Gasteiger charge is -2.08. The zero-order valence-corrected chi connectivity index (χ0v) is 17.1. The van der Waals surface area contributed by atoms with Gasteiger partial charge in [-0.15, -0.1) is 18.3 Å². The van der Waals surface area contributed by atoms with Crippen LogP contribution in [0.1, 0.15) is 17.3 Å². The standard InChI is InChI=1S/C18H18BrN5O2.C2H4/c1-2-3-5-12(10-19)11-21-18(25)13-8-15(20)24-16(9-13)22-17(23-24)14-6-4-7-26-14;1-2/h2-9H,10-11,20H2,1H3,(H,21,25);1-2H2/b3-2-,12-5+;. The maximum atomic E-state index is 12.5. The molecule has 0 aromatic carbocycles. The Kier molecular flexibility index (Phi) is 7.76. The molecule has 8 heteroatoms. The van der Waals surface area contributed by atoms with Crippen molar-refractivity contribution < 1.29 is 9.21 Å². The van der Waals surface area contributed by atoms with E-state index in [0.29, 0.717) is 40.5 Å². The molecule has 0 radical (unpaired) electrons. The molecule has 0 aliphatic heterocycles. The van der Waals surface area contributed by atoms with Gasteiger partial charge in [-0.05, 0) is 36.8 Å². The molecule has 146 valence electrons. The van der Waals surface area contributed by atoms with E-state index < -0.39 is 0 Å². The van der Waals surface area contributed by atoms with Crippen molar-refractivity contribution >= 4 is 33.3 Å². The summed E-state index contributed by atoms with van der Waals surface area (Å²) in [7, 11) is 0. The SMILES string of the molecule is C/C=C\C=C(/CBr)CNC(=O)c1cc(N)n2nc(-c3ccco3)nc2c1.C=C. The van der Waals surface area contributed by atoms with Crippen molar-refractivity contribution in [3.63, 3.8) is 0 Å². The number of nitrogens with zero attached hydrogens (tertiary/aromatic N) is 3. The Balaban J connectivity index is 0.00000136. The largest absolute Gasteiger partial charge is 0.461 e. The van der Waals surface area contributed by atoms with Gasteiger partial charge >= 0.3 is 0 Å². The third-order valence-corrected chi connectivity index (χ3v) is 4.36. The van der Waals surface area contributed by atoms with Crippen LogP contribution in [0.2, 0.25) is 0 Å². The molecule has 0 unspecified atom stereocenters. The second-order valence-electron chi connectivity index (χ2n) is 5.52. The Bertz CT molecular complexity index is 990. The minimum absolute atomic E-state index is 0.228. The van der Waals surface area contributed by atoms with Gasteiger partial charge in [0.1, 0.15) is 5.82 Å². The minimum atomic E-state index is -0.228. The Morgan fingerprint density at radius 1 is 1.43 bits per heavy atom. The van der Waals surface area contributed by atoms with E-state index in [-0.39, 0.29) is 5.91 Å². The summed E-state index contributed by atoms with van der Waals surface area (Å²) in [5, 5.41) is 7.87. The molecule has 3 heterocycles. The predicted octanol–water partition coefficient (Wildman–Crippen LogP) is 4.00. The zero-order valence-electron chi connectivity index (χ0n) is 15.6. The predicted molar refractivity (Wildman–Crippen MR) is 115 cm³/mol. The number of halogens is 1. The van der Waals surface area contributed by atoms with E-state index in [1.807, 2.05) is 25.2 Å². The molecule has 7 nitrogen and oxygen atoms in total. The highest BCUT2D eigenvalue weighted by Gasteiger charge is 2.14. The third kappa shape index (κ3) is 4.98. The van der Waals surface area contributed by atoms with Gasteiger partial charge in [0, 0.05) is 17.4 Å². The second kappa shape index (κ2) is 10.3. The fourth-order valence-corrected chi connectivity index (χ4v) is 2.71. The Hall–Kier alpha value is -3.13. The number of aromatic nitrogens is 3. The number of fused-ring (bicyclic) bond motifs is 1. The number of pyridine rings is 1. The summed E-state index contributed by atoms with van der Waals surface area (Å²) in [4.78, 5) is 16.8. The number of alkyl halides is 1. The number of hydrogen-bond acceptors (Lipinski definition) is 5. The number of carbonyl (C=O) groups excluding carboxylic acids is 1. The fraction of sp³-hybridized carbons (Fsp3) is 0.150. The van der Waals surface area contributed by atoms with E-state index in [1.54, 1.807) is 30.5 Å². The maximum absolute atomic E-state index is 12.5. The van der Waals surface area contributed by atoms with Crippen LogP contribution in [0.3, 0.4) is 0 Å². The van der Waals surface area contributed by atoms with Gasteiger partial charge in [-0.25, -0.2) is 4.98 Å². The highest BCUT2D eigenvalue weighted by Crippen LogP contribution is 2.19. The second-order valence-corrected chi connectivity index (χ2v) is 6.08. The molecule has 3 rings (SSSR count). The lowest BCUT2D eigenvalue weighted by Crippen LogP contribution is -2.26. The fourth-order valence-electron chi connectivity index (χ4n) is 2.33. The molecule has 0 fully saturated rings. The number of nitrogen functional groups attached to an aromatic ring is 1.